The lowest BCUT2D eigenvalue weighted by atomic mass is 9.97. The number of aryl methyl sites for hydroxylation is 1. The summed E-state index contributed by atoms with van der Waals surface area (Å²) in [7, 11) is 0. The largest absolute Gasteiger partial charge is 0.481 e. The average molecular weight is 360 g/mol. The van der Waals surface area contributed by atoms with Gasteiger partial charge in [-0.25, -0.2) is 0 Å². The number of carbonyl (C=O) groups is 1. The molecule has 3 rings (SSSR count). The molecule has 144 valence electrons. The fraction of sp³-hybridized carbons (Fsp3) is 0.667. The number of piperidine rings is 1. The van der Waals surface area contributed by atoms with E-state index in [1.807, 2.05) is 30.0 Å². The van der Waals surface area contributed by atoms with Crippen LogP contribution in [-0.4, -0.2) is 67.6 Å². The Balaban J connectivity index is 1.46. The number of piperazine rings is 1. The van der Waals surface area contributed by atoms with Crippen LogP contribution in [0.5, 0.6) is 5.75 Å². The van der Waals surface area contributed by atoms with E-state index in [-0.39, 0.29) is 5.91 Å². The molecule has 2 aliphatic rings. The Labute approximate surface area is 157 Å². The number of carbonyl (C=O) groups excluding carboxylic acids is 1. The van der Waals surface area contributed by atoms with Gasteiger partial charge in [0.25, 0.3) is 5.91 Å². The van der Waals surface area contributed by atoms with Crippen LogP contribution in [0.25, 0.3) is 0 Å². The molecule has 2 aliphatic heterocycles. The van der Waals surface area contributed by atoms with E-state index in [2.05, 4.69) is 23.2 Å². The maximum atomic E-state index is 12.8. The molecule has 1 N–H and O–H groups in total. The van der Waals surface area contributed by atoms with Crippen molar-refractivity contribution in [3.8, 4) is 5.75 Å². The number of nitrogens with zero attached hydrogens (tertiary/aromatic N) is 2. The SMILES string of the molecule is CCc1ccccc1OC(C)C(=O)N1CCN(CC2CCNCC2)CC1. The van der Waals surface area contributed by atoms with E-state index in [9.17, 15) is 4.79 Å². The number of hydrogen-bond acceptors (Lipinski definition) is 4. The molecule has 5 heteroatoms. The lowest BCUT2D eigenvalue weighted by molar-refractivity contribution is -0.139. The summed E-state index contributed by atoms with van der Waals surface area (Å²) in [5, 5.41) is 3.43. The van der Waals surface area contributed by atoms with E-state index in [1.54, 1.807) is 0 Å². The summed E-state index contributed by atoms with van der Waals surface area (Å²) in [4.78, 5) is 17.3. The van der Waals surface area contributed by atoms with Gasteiger partial charge in [0.15, 0.2) is 6.10 Å². The quantitative estimate of drug-likeness (QED) is 0.845. The minimum atomic E-state index is -0.432. The summed E-state index contributed by atoms with van der Waals surface area (Å²) in [6.07, 6.45) is 3.03. The van der Waals surface area contributed by atoms with Crippen LogP contribution in [0.2, 0.25) is 0 Å². The number of nitrogens with one attached hydrogen (secondary N) is 1. The molecule has 0 radical (unpaired) electrons. The molecule has 1 unspecified atom stereocenters. The molecule has 2 heterocycles. The van der Waals surface area contributed by atoms with Gasteiger partial charge >= 0.3 is 0 Å². The third kappa shape index (κ3) is 4.98. The predicted molar refractivity (Wildman–Crippen MR) is 105 cm³/mol. The van der Waals surface area contributed by atoms with Crippen LogP contribution in [0.3, 0.4) is 0 Å². The third-order valence-electron chi connectivity index (χ3n) is 5.66. The maximum absolute atomic E-state index is 12.8. The second-order valence-electron chi connectivity index (χ2n) is 7.54. The van der Waals surface area contributed by atoms with Crippen molar-refractivity contribution in [2.75, 3.05) is 45.8 Å². The highest BCUT2D eigenvalue weighted by molar-refractivity contribution is 5.81. The molecular weight excluding hydrogens is 326 g/mol. The highest BCUT2D eigenvalue weighted by atomic mass is 16.5. The van der Waals surface area contributed by atoms with Crippen molar-refractivity contribution in [2.45, 2.75) is 39.2 Å². The summed E-state index contributed by atoms with van der Waals surface area (Å²) in [5.41, 5.74) is 1.15. The maximum Gasteiger partial charge on any atom is 0.263 e. The summed E-state index contributed by atoms with van der Waals surface area (Å²) < 4.78 is 5.99. The normalized spacial score (nSPS) is 20.8. The van der Waals surface area contributed by atoms with Crippen LogP contribution in [0.1, 0.15) is 32.3 Å². The van der Waals surface area contributed by atoms with Crippen LogP contribution in [-0.2, 0) is 11.2 Å². The Kier molecular flexibility index (Phi) is 6.92. The van der Waals surface area contributed by atoms with Crippen LogP contribution < -0.4 is 10.1 Å². The van der Waals surface area contributed by atoms with E-state index in [1.165, 1.54) is 19.4 Å². The zero-order chi connectivity index (χ0) is 18.4. The molecule has 1 amide bonds. The summed E-state index contributed by atoms with van der Waals surface area (Å²) in [6, 6.07) is 8.00. The topological polar surface area (TPSA) is 44.8 Å². The third-order valence-corrected chi connectivity index (χ3v) is 5.66. The van der Waals surface area contributed by atoms with Gasteiger partial charge in [-0.3, -0.25) is 9.69 Å². The van der Waals surface area contributed by atoms with E-state index in [0.29, 0.717) is 0 Å². The van der Waals surface area contributed by atoms with Gasteiger partial charge in [0, 0.05) is 32.7 Å². The molecule has 0 aromatic heterocycles. The number of ether oxygens (including phenoxy) is 1. The van der Waals surface area contributed by atoms with Crippen LogP contribution >= 0.6 is 0 Å². The lowest BCUT2D eigenvalue weighted by Crippen LogP contribution is -2.53. The van der Waals surface area contributed by atoms with E-state index >= 15 is 0 Å². The molecule has 0 aliphatic carbocycles. The van der Waals surface area contributed by atoms with Gasteiger partial charge in [0.2, 0.25) is 0 Å². The molecule has 1 aromatic carbocycles. The Morgan fingerprint density at radius 1 is 1.19 bits per heavy atom. The number of rotatable bonds is 6. The first-order valence-electron chi connectivity index (χ1n) is 10.1. The van der Waals surface area contributed by atoms with Gasteiger partial charge < -0.3 is 15.0 Å². The Morgan fingerprint density at radius 3 is 2.58 bits per heavy atom. The van der Waals surface area contributed by atoms with Crippen molar-refractivity contribution in [1.29, 1.82) is 0 Å². The first-order valence-corrected chi connectivity index (χ1v) is 10.1. The molecule has 0 spiro atoms. The zero-order valence-corrected chi connectivity index (χ0v) is 16.2. The van der Waals surface area contributed by atoms with Gasteiger partial charge in [-0.2, -0.15) is 0 Å². The van der Waals surface area contributed by atoms with Gasteiger partial charge in [0.1, 0.15) is 5.75 Å². The fourth-order valence-electron chi connectivity index (χ4n) is 3.99. The number of para-hydroxylation sites is 1. The Bertz CT molecular complexity index is 578. The predicted octanol–water partition coefficient (Wildman–Crippen LogP) is 2.16. The molecule has 26 heavy (non-hydrogen) atoms. The molecule has 0 saturated carbocycles. The minimum Gasteiger partial charge on any atom is -0.481 e. The molecular formula is C21H33N3O2. The van der Waals surface area contributed by atoms with Gasteiger partial charge in [0.05, 0.1) is 0 Å². The molecule has 2 fully saturated rings. The minimum absolute atomic E-state index is 0.109. The summed E-state index contributed by atoms with van der Waals surface area (Å²) in [6.45, 7) is 11.0. The van der Waals surface area contributed by atoms with E-state index in [0.717, 1.165) is 62.9 Å². The monoisotopic (exact) mass is 359 g/mol. The van der Waals surface area contributed by atoms with Gasteiger partial charge in [-0.1, -0.05) is 25.1 Å². The van der Waals surface area contributed by atoms with Crippen molar-refractivity contribution in [3.63, 3.8) is 0 Å². The molecule has 0 bridgehead atoms. The standard InChI is InChI=1S/C21H33N3O2/c1-3-19-6-4-5-7-20(19)26-17(2)21(25)24-14-12-23(13-15-24)16-18-8-10-22-11-9-18/h4-7,17-18,22H,3,8-16H2,1-2H3. The smallest absolute Gasteiger partial charge is 0.263 e. The lowest BCUT2D eigenvalue weighted by Gasteiger charge is -2.38. The molecule has 5 nitrogen and oxygen atoms in total. The van der Waals surface area contributed by atoms with E-state index in [4.69, 9.17) is 4.74 Å². The first kappa shape index (κ1) is 19.2. The number of amides is 1. The average Bonchev–Trinajstić information content (AvgIpc) is 2.69. The van der Waals surface area contributed by atoms with Gasteiger partial charge in [-0.05, 0) is 56.8 Å². The first-order chi connectivity index (χ1) is 12.7. The van der Waals surface area contributed by atoms with Crippen LogP contribution in [0.4, 0.5) is 0 Å². The highest BCUT2D eigenvalue weighted by Gasteiger charge is 2.27. The molecule has 2 saturated heterocycles. The Morgan fingerprint density at radius 2 is 1.88 bits per heavy atom. The number of benzene rings is 1. The van der Waals surface area contributed by atoms with Crippen molar-refractivity contribution in [2.24, 2.45) is 5.92 Å². The van der Waals surface area contributed by atoms with Gasteiger partial charge in [-0.15, -0.1) is 0 Å². The van der Waals surface area contributed by atoms with Crippen molar-refractivity contribution < 1.29 is 9.53 Å². The fourth-order valence-corrected chi connectivity index (χ4v) is 3.99. The highest BCUT2D eigenvalue weighted by Crippen LogP contribution is 2.21. The zero-order valence-electron chi connectivity index (χ0n) is 16.2. The van der Waals surface area contributed by atoms with Crippen LogP contribution in [0, 0.1) is 5.92 Å². The van der Waals surface area contributed by atoms with Crippen molar-refractivity contribution in [1.82, 2.24) is 15.1 Å². The second-order valence-corrected chi connectivity index (χ2v) is 7.54. The van der Waals surface area contributed by atoms with Crippen molar-refractivity contribution >= 4 is 5.91 Å². The molecule has 1 aromatic rings. The van der Waals surface area contributed by atoms with Crippen molar-refractivity contribution in [3.05, 3.63) is 29.8 Å². The Hall–Kier alpha value is -1.59. The molecule has 1 atom stereocenters. The van der Waals surface area contributed by atoms with E-state index < -0.39 is 6.10 Å². The second kappa shape index (κ2) is 9.38. The number of hydrogen-bond donors (Lipinski definition) is 1. The van der Waals surface area contributed by atoms with Crippen LogP contribution in [0.15, 0.2) is 24.3 Å². The summed E-state index contributed by atoms with van der Waals surface area (Å²) in [5.74, 6) is 1.75. The summed E-state index contributed by atoms with van der Waals surface area (Å²) >= 11 is 0.